The van der Waals surface area contributed by atoms with E-state index in [9.17, 15) is 4.79 Å². The zero-order valence-electron chi connectivity index (χ0n) is 19.2. The summed E-state index contributed by atoms with van der Waals surface area (Å²) < 4.78 is 0. The predicted molar refractivity (Wildman–Crippen MR) is 134 cm³/mol. The summed E-state index contributed by atoms with van der Waals surface area (Å²) >= 11 is 1.93. The van der Waals surface area contributed by atoms with E-state index in [2.05, 4.69) is 63.2 Å². The molecular weight excluding hydrogens is 430 g/mol. The van der Waals surface area contributed by atoms with Crippen LogP contribution in [0.2, 0.25) is 0 Å². The number of benzene rings is 2. The number of aliphatic hydroxyl groups is 1. The first-order valence-electron chi connectivity index (χ1n) is 12.1. The van der Waals surface area contributed by atoms with E-state index in [0.29, 0.717) is 6.54 Å². The summed E-state index contributed by atoms with van der Waals surface area (Å²) in [5.74, 6) is 1.26. The highest BCUT2D eigenvalue weighted by molar-refractivity contribution is 7.98. The van der Waals surface area contributed by atoms with E-state index < -0.39 is 0 Å². The van der Waals surface area contributed by atoms with Crippen LogP contribution in [0, 0.1) is 0 Å². The predicted octanol–water partition coefficient (Wildman–Crippen LogP) is 3.33. The molecule has 2 fully saturated rings. The first-order chi connectivity index (χ1) is 16.2. The van der Waals surface area contributed by atoms with Crippen LogP contribution in [0.25, 0.3) is 5.57 Å². The van der Waals surface area contributed by atoms with Gasteiger partial charge in [0, 0.05) is 56.5 Å². The number of hydrogen-bond donors (Lipinski definition) is 1. The lowest BCUT2D eigenvalue weighted by atomic mass is 9.86. The van der Waals surface area contributed by atoms with Gasteiger partial charge in [-0.3, -0.25) is 14.6 Å². The smallest absolute Gasteiger partial charge is 0.236 e. The summed E-state index contributed by atoms with van der Waals surface area (Å²) in [6.07, 6.45) is 1.89. The molecule has 0 bridgehead atoms. The van der Waals surface area contributed by atoms with Crippen LogP contribution in [0.3, 0.4) is 0 Å². The summed E-state index contributed by atoms with van der Waals surface area (Å²) in [4.78, 5) is 21.0. The third-order valence-corrected chi connectivity index (χ3v) is 8.26. The van der Waals surface area contributed by atoms with Crippen LogP contribution in [0.15, 0.2) is 59.0 Å². The van der Waals surface area contributed by atoms with Crippen molar-refractivity contribution in [1.29, 1.82) is 0 Å². The second-order valence-corrected chi connectivity index (χ2v) is 10.2. The Hall–Kier alpha value is -2.12. The van der Waals surface area contributed by atoms with Crippen molar-refractivity contribution in [3.8, 4) is 0 Å². The number of piperidine rings is 1. The van der Waals surface area contributed by atoms with Gasteiger partial charge < -0.3 is 10.0 Å². The lowest BCUT2D eigenvalue weighted by Gasteiger charge is -2.36. The van der Waals surface area contributed by atoms with Crippen LogP contribution in [-0.4, -0.2) is 84.7 Å². The largest absolute Gasteiger partial charge is 0.395 e. The fourth-order valence-corrected chi connectivity index (χ4v) is 6.31. The normalized spacial score (nSPS) is 19.7. The molecule has 0 aliphatic carbocycles. The van der Waals surface area contributed by atoms with Crippen molar-refractivity contribution < 1.29 is 9.90 Å². The molecule has 2 saturated heterocycles. The maximum atomic E-state index is 13.0. The van der Waals surface area contributed by atoms with E-state index in [1.807, 2.05) is 11.8 Å². The second kappa shape index (κ2) is 10.4. The Morgan fingerprint density at radius 1 is 0.848 bits per heavy atom. The molecule has 5 rings (SSSR count). The van der Waals surface area contributed by atoms with Gasteiger partial charge >= 0.3 is 0 Å². The quantitative estimate of drug-likeness (QED) is 0.754. The van der Waals surface area contributed by atoms with Gasteiger partial charge in [0.1, 0.15) is 0 Å². The van der Waals surface area contributed by atoms with E-state index in [1.165, 1.54) is 32.7 Å². The number of β-amino-alcohol motifs (C(OH)–C–C–N with tert-alkyl or cyclic N) is 1. The van der Waals surface area contributed by atoms with Gasteiger partial charge in [0.25, 0.3) is 0 Å². The molecule has 3 aliphatic heterocycles. The van der Waals surface area contributed by atoms with Gasteiger partial charge in [-0.15, -0.1) is 11.8 Å². The van der Waals surface area contributed by atoms with Crippen molar-refractivity contribution in [2.45, 2.75) is 23.5 Å². The zero-order chi connectivity index (χ0) is 22.6. The number of likely N-dealkylation sites (tertiary alicyclic amines) is 1. The highest BCUT2D eigenvalue weighted by Crippen LogP contribution is 2.43. The van der Waals surface area contributed by atoms with Crippen molar-refractivity contribution in [2.75, 3.05) is 59.0 Å². The third-order valence-electron chi connectivity index (χ3n) is 7.14. The minimum absolute atomic E-state index is 0.207. The third kappa shape index (κ3) is 5.04. The summed E-state index contributed by atoms with van der Waals surface area (Å²) in [6, 6.07) is 17.6. The number of nitrogens with zero attached hydrogens (tertiary/aromatic N) is 3. The number of hydrogen-bond acceptors (Lipinski definition) is 5. The van der Waals surface area contributed by atoms with E-state index >= 15 is 0 Å². The molecule has 174 valence electrons. The van der Waals surface area contributed by atoms with Crippen LogP contribution < -0.4 is 0 Å². The number of carbonyl (C=O) groups is 1. The number of rotatable bonds is 4. The summed E-state index contributed by atoms with van der Waals surface area (Å²) in [6.45, 7) is 6.73. The molecule has 2 aromatic carbocycles. The zero-order valence-corrected chi connectivity index (χ0v) is 20.0. The molecule has 33 heavy (non-hydrogen) atoms. The Morgan fingerprint density at radius 3 is 2.27 bits per heavy atom. The van der Waals surface area contributed by atoms with Gasteiger partial charge in [-0.2, -0.15) is 0 Å². The fourth-order valence-electron chi connectivity index (χ4n) is 5.25. The Balaban J connectivity index is 1.29. The molecule has 1 N–H and O–H groups in total. The maximum Gasteiger partial charge on any atom is 0.236 e. The van der Waals surface area contributed by atoms with Crippen molar-refractivity contribution >= 4 is 23.2 Å². The minimum Gasteiger partial charge on any atom is -0.395 e. The Bertz CT molecular complexity index is 970. The minimum atomic E-state index is 0.207. The molecule has 0 unspecified atom stereocenters. The maximum absolute atomic E-state index is 13.0. The Kier molecular flexibility index (Phi) is 7.16. The lowest BCUT2D eigenvalue weighted by molar-refractivity contribution is -0.133. The topological polar surface area (TPSA) is 47.0 Å². The molecule has 1 amide bonds. The van der Waals surface area contributed by atoms with Crippen molar-refractivity contribution in [2.24, 2.45) is 0 Å². The standard InChI is InChI=1S/C27H33N3O2S/c31-18-17-28-13-15-29(16-14-28)19-26(32)30-11-9-21(10-12-30)27-23-6-2-1-5-22(23)20-33-25-8-4-3-7-24(25)27/h1-8,31H,9-20H2. The van der Waals surface area contributed by atoms with Gasteiger partial charge in [-0.05, 0) is 41.2 Å². The monoisotopic (exact) mass is 463 g/mol. The molecule has 0 saturated carbocycles. The van der Waals surface area contributed by atoms with Crippen molar-refractivity contribution in [3.05, 3.63) is 70.8 Å². The number of thioether (sulfide) groups is 1. The first kappa shape index (κ1) is 22.7. The van der Waals surface area contributed by atoms with Gasteiger partial charge in [0.15, 0.2) is 0 Å². The Morgan fingerprint density at radius 2 is 1.52 bits per heavy atom. The average molecular weight is 464 g/mol. The van der Waals surface area contributed by atoms with Gasteiger partial charge in [0.2, 0.25) is 5.91 Å². The van der Waals surface area contributed by atoms with Crippen molar-refractivity contribution in [3.63, 3.8) is 0 Å². The van der Waals surface area contributed by atoms with Gasteiger partial charge in [-0.25, -0.2) is 0 Å². The highest BCUT2D eigenvalue weighted by Gasteiger charge is 2.27. The molecule has 0 spiro atoms. The van der Waals surface area contributed by atoms with Crippen LogP contribution >= 0.6 is 11.8 Å². The van der Waals surface area contributed by atoms with Crippen LogP contribution in [0.4, 0.5) is 0 Å². The van der Waals surface area contributed by atoms with E-state index in [1.54, 1.807) is 0 Å². The Labute approximate surface area is 201 Å². The molecule has 6 heteroatoms. The average Bonchev–Trinajstić information content (AvgIpc) is 3.02. The molecule has 3 aliphatic rings. The summed E-state index contributed by atoms with van der Waals surface area (Å²) in [7, 11) is 0. The number of aliphatic hydroxyl groups excluding tert-OH is 1. The number of carbonyl (C=O) groups excluding carboxylic acids is 1. The molecule has 0 radical (unpaired) electrons. The summed E-state index contributed by atoms with van der Waals surface area (Å²) in [5, 5.41) is 9.12. The molecule has 0 aromatic heterocycles. The van der Waals surface area contributed by atoms with Crippen LogP contribution in [0.1, 0.15) is 29.5 Å². The highest BCUT2D eigenvalue weighted by atomic mass is 32.2. The van der Waals surface area contributed by atoms with Gasteiger partial charge in [-0.1, -0.05) is 48.0 Å². The van der Waals surface area contributed by atoms with Gasteiger partial charge in [0.05, 0.1) is 13.2 Å². The summed E-state index contributed by atoms with van der Waals surface area (Å²) in [5.41, 5.74) is 7.01. The molecule has 3 heterocycles. The first-order valence-corrected chi connectivity index (χ1v) is 13.1. The van der Waals surface area contributed by atoms with Crippen LogP contribution in [-0.2, 0) is 10.5 Å². The molecule has 5 nitrogen and oxygen atoms in total. The second-order valence-electron chi connectivity index (χ2n) is 9.14. The SMILES string of the molecule is O=C(CN1CCN(CCO)CC1)N1CCC(=C2c3ccccc3CSc3ccccc32)CC1. The van der Waals surface area contributed by atoms with E-state index in [4.69, 9.17) is 5.11 Å². The van der Waals surface area contributed by atoms with E-state index in [-0.39, 0.29) is 12.5 Å². The molecule has 0 atom stereocenters. The number of piperazine rings is 1. The van der Waals surface area contributed by atoms with E-state index in [0.717, 1.165) is 64.4 Å². The molecule has 2 aromatic rings. The fraction of sp³-hybridized carbons (Fsp3) is 0.444. The van der Waals surface area contributed by atoms with Crippen molar-refractivity contribution in [1.82, 2.24) is 14.7 Å². The van der Waals surface area contributed by atoms with Crippen LogP contribution in [0.5, 0.6) is 0 Å². The number of amides is 1. The number of fused-ring (bicyclic) bond motifs is 2. The lowest BCUT2D eigenvalue weighted by Crippen LogP contribution is -2.51. The molecular formula is C27H33N3O2S.